The molecule has 2 aromatic rings. The van der Waals surface area contributed by atoms with E-state index in [0.717, 1.165) is 36.4 Å². The lowest BCUT2D eigenvalue weighted by atomic mass is 10.0. The SMILES string of the molecule is CN(C)CCCCCCOc1cccc(CC(=O)c2ccccc2)c1. The minimum Gasteiger partial charge on any atom is -0.494 e. The van der Waals surface area contributed by atoms with Crippen LogP contribution in [-0.2, 0) is 6.42 Å². The fourth-order valence-electron chi connectivity index (χ4n) is 2.73. The highest BCUT2D eigenvalue weighted by Crippen LogP contribution is 2.16. The molecular weight excluding hydrogens is 310 g/mol. The summed E-state index contributed by atoms with van der Waals surface area (Å²) in [5, 5.41) is 0. The molecule has 0 aliphatic carbocycles. The van der Waals surface area contributed by atoms with Gasteiger partial charge in [-0.3, -0.25) is 4.79 Å². The summed E-state index contributed by atoms with van der Waals surface area (Å²) in [7, 11) is 4.22. The van der Waals surface area contributed by atoms with Crippen LogP contribution in [0, 0.1) is 0 Å². The number of nitrogens with zero attached hydrogens (tertiary/aromatic N) is 1. The molecule has 3 nitrogen and oxygen atoms in total. The van der Waals surface area contributed by atoms with Crippen LogP contribution in [-0.4, -0.2) is 37.9 Å². The maximum atomic E-state index is 12.3. The highest BCUT2D eigenvalue weighted by molar-refractivity contribution is 5.97. The van der Waals surface area contributed by atoms with Gasteiger partial charge in [0.15, 0.2) is 5.78 Å². The average molecular weight is 339 g/mol. The second kappa shape index (κ2) is 10.7. The molecule has 0 aliphatic heterocycles. The van der Waals surface area contributed by atoms with Gasteiger partial charge in [-0.05, 0) is 51.2 Å². The van der Waals surface area contributed by atoms with Crippen molar-refractivity contribution in [1.29, 1.82) is 0 Å². The molecule has 0 fully saturated rings. The Labute approximate surface area is 151 Å². The van der Waals surface area contributed by atoms with Gasteiger partial charge in [-0.1, -0.05) is 55.3 Å². The number of carbonyl (C=O) groups is 1. The fourth-order valence-corrected chi connectivity index (χ4v) is 2.73. The molecule has 0 aromatic heterocycles. The van der Waals surface area contributed by atoms with E-state index in [1.807, 2.05) is 54.6 Å². The highest BCUT2D eigenvalue weighted by atomic mass is 16.5. The summed E-state index contributed by atoms with van der Waals surface area (Å²) in [6.45, 7) is 1.89. The Morgan fingerprint density at radius 2 is 1.68 bits per heavy atom. The van der Waals surface area contributed by atoms with Crippen molar-refractivity contribution in [2.24, 2.45) is 0 Å². The topological polar surface area (TPSA) is 29.5 Å². The van der Waals surface area contributed by atoms with Crippen LogP contribution in [0.25, 0.3) is 0 Å². The molecule has 134 valence electrons. The summed E-state index contributed by atoms with van der Waals surface area (Å²) >= 11 is 0. The lowest BCUT2D eigenvalue weighted by Crippen LogP contribution is -2.12. The highest BCUT2D eigenvalue weighted by Gasteiger charge is 2.07. The maximum Gasteiger partial charge on any atom is 0.167 e. The monoisotopic (exact) mass is 339 g/mol. The van der Waals surface area contributed by atoms with E-state index in [-0.39, 0.29) is 5.78 Å². The van der Waals surface area contributed by atoms with E-state index in [1.165, 1.54) is 19.3 Å². The van der Waals surface area contributed by atoms with Gasteiger partial charge in [0.1, 0.15) is 5.75 Å². The Hall–Kier alpha value is -2.13. The van der Waals surface area contributed by atoms with Gasteiger partial charge < -0.3 is 9.64 Å². The van der Waals surface area contributed by atoms with E-state index < -0.39 is 0 Å². The third-order valence-electron chi connectivity index (χ3n) is 4.13. The van der Waals surface area contributed by atoms with Gasteiger partial charge in [0.05, 0.1) is 6.61 Å². The van der Waals surface area contributed by atoms with Crippen LogP contribution in [0.15, 0.2) is 54.6 Å². The molecule has 0 amide bonds. The molecule has 0 bridgehead atoms. The zero-order valence-corrected chi connectivity index (χ0v) is 15.4. The van der Waals surface area contributed by atoms with Crippen molar-refractivity contribution in [2.75, 3.05) is 27.2 Å². The van der Waals surface area contributed by atoms with E-state index in [4.69, 9.17) is 4.74 Å². The number of ether oxygens (including phenoxy) is 1. The van der Waals surface area contributed by atoms with Gasteiger partial charge in [0, 0.05) is 12.0 Å². The first-order valence-corrected chi connectivity index (χ1v) is 9.10. The lowest BCUT2D eigenvalue weighted by molar-refractivity contribution is 0.0993. The van der Waals surface area contributed by atoms with Crippen LogP contribution < -0.4 is 4.74 Å². The molecule has 0 spiro atoms. The van der Waals surface area contributed by atoms with Crippen LogP contribution >= 0.6 is 0 Å². The van der Waals surface area contributed by atoms with Gasteiger partial charge in [-0.2, -0.15) is 0 Å². The number of carbonyl (C=O) groups excluding carboxylic acids is 1. The van der Waals surface area contributed by atoms with Crippen molar-refractivity contribution >= 4 is 5.78 Å². The largest absolute Gasteiger partial charge is 0.494 e. The van der Waals surface area contributed by atoms with Crippen LogP contribution in [0.5, 0.6) is 5.75 Å². The number of Topliss-reactive ketones (excluding diaryl/α,β-unsaturated/α-hetero) is 1. The van der Waals surface area contributed by atoms with Gasteiger partial charge >= 0.3 is 0 Å². The number of hydrogen-bond donors (Lipinski definition) is 0. The molecule has 0 atom stereocenters. The van der Waals surface area contributed by atoms with Crippen LogP contribution in [0.3, 0.4) is 0 Å². The molecule has 0 N–H and O–H groups in total. The van der Waals surface area contributed by atoms with E-state index in [2.05, 4.69) is 19.0 Å². The van der Waals surface area contributed by atoms with Crippen molar-refractivity contribution in [3.63, 3.8) is 0 Å². The standard InChI is InChI=1S/C22H29NO2/c1-23(2)15-8-3-4-9-16-25-21-14-10-11-19(17-21)18-22(24)20-12-6-5-7-13-20/h5-7,10-14,17H,3-4,8-9,15-16,18H2,1-2H3. The smallest absolute Gasteiger partial charge is 0.167 e. The zero-order valence-electron chi connectivity index (χ0n) is 15.4. The lowest BCUT2D eigenvalue weighted by Gasteiger charge is -2.10. The van der Waals surface area contributed by atoms with E-state index in [1.54, 1.807) is 0 Å². The quantitative estimate of drug-likeness (QED) is 0.442. The Balaban J connectivity index is 1.73. The average Bonchev–Trinajstić information content (AvgIpc) is 2.62. The minimum atomic E-state index is 0.138. The molecule has 2 rings (SSSR count). The van der Waals surface area contributed by atoms with Crippen LogP contribution in [0.2, 0.25) is 0 Å². The summed E-state index contributed by atoms with van der Waals surface area (Å²) < 4.78 is 5.84. The normalized spacial score (nSPS) is 10.8. The minimum absolute atomic E-state index is 0.138. The van der Waals surface area contributed by atoms with E-state index >= 15 is 0 Å². The Morgan fingerprint density at radius 3 is 2.44 bits per heavy atom. The Kier molecular flexibility index (Phi) is 8.20. The second-order valence-electron chi connectivity index (χ2n) is 6.68. The van der Waals surface area contributed by atoms with Crippen molar-refractivity contribution < 1.29 is 9.53 Å². The number of unbranched alkanes of at least 4 members (excludes halogenated alkanes) is 3. The van der Waals surface area contributed by atoms with Crippen LogP contribution in [0.4, 0.5) is 0 Å². The predicted octanol–water partition coefficient (Wildman–Crippen LogP) is 4.61. The zero-order chi connectivity index (χ0) is 17.9. The first kappa shape index (κ1) is 19.2. The molecule has 0 unspecified atom stereocenters. The number of hydrogen-bond acceptors (Lipinski definition) is 3. The molecule has 0 saturated heterocycles. The van der Waals surface area contributed by atoms with Gasteiger partial charge in [-0.25, -0.2) is 0 Å². The van der Waals surface area contributed by atoms with Gasteiger partial charge in [0.2, 0.25) is 0 Å². The Bertz CT molecular complexity index is 637. The molecule has 0 aliphatic rings. The summed E-state index contributed by atoms with van der Waals surface area (Å²) in [4.78, 5) is 14.5. The summed E-state index contributed by atoms with van der Waals surface area (Å²) in [6, 6.07) is 17.3. The molecule has 3 heteroatoms. The van der Waals surface area contributed by atoms with Crippen molar-refractivity contribution in [2.45, 2.75) is 32.1 Å². The third kappa shape index (κ3) is 7.53. The molecule has 25 heavy (non-hydrogen) atoms. The molecular formula is C22H29NO2. The number of ketones is 1. The summed E-state index contributed by atoms with van der Waals surface area (Å²) in [6.07, 6.45) is 5.16. The summed E-state index contributed by atoms with van der Waals surface area (Å²) in [5.41, 5.74) is 1.75. The second-order valence-corrected chi connectivity index (χ2v) is 6.68. The molecule has 0 heterocycles. The van der Waals surface area contributed by atoms with Crippen LogP contribution in [0.1, 0.15) is 41.6 Å². The van der Waals surface area contributed by atoms with Gasteiger partial charge in [0.25, 0.3) is 0 Å². The number of benzene rings is 2. The fraction of sp³-hybridized carbons (Fsp3) is 0.409. The van der Waals surface area contributed by atoms with E-state index in [9.17, 15) is 4.79 Å². The van der Waals surface area contributed by atoms with Crippen molar-refractivity contribution in [1.82, 2.24) is 4.90 Å². The predicted molar refractivity (Wildman–Crippen MR) is 103 cm³/mol. The molecule has 0 saturated carbocycles. The molecule has 0 radical (unpaired) electrons. The first-order valence-electron chi connectivity index (χ1n) is 9.10. The van der Waals surface area contributed by atoms with E-state index in [0.29, 0.717) is 6.42 Å². The third-order valence-corrected chi connectivity index (χ3v) is 4.13. The van der Waals surface area contributed by atoms with Crippen molar-refractivity contribution in [3.8, 4) is 5.75 Å². The van der Waals surface area contributed by atoms with Crippen molar-refractivity contribution in [3.05, 3.63) is 65.7 Å². The summed E-state index contributed by atoms with van der Waals surface area (Å²) in [5.74, 6) is 0.991. The molecule has 2 aromatic carbocycles. The maximum absolute atomic E-state index is 12.3. The Morgan fingerprint density at radius 1 is 0.920 bits per heavy atom. The van der Waals surface area contributed by atoms with Gasteiger partial charge in [-0.15, -0.1) is 0 Å². The first-order chi connectivity index (χ1) is 12.1. The number of rotatable bonds is 11.